The number of nitrogens with zero attached hydrogens (tertiary/aromatic N) is 1. The topological polar surface area (TPSA) is 323 Å². The van der Waals surface area contributed by atoms with Gasteiger partial charge in [0.2, 0.25) is 5.91 Å². The smallest absolute Gasteiger partial charge is 0.394 e. The maximum atomic E-state index is 12.5. The van der Waals surface area contributed by atoms with E-state index < -0.39 is 107 Å². The number of amides is 1. The monoisotopic (exact) mass is 635 g/mol. The number of carbonyl (C=O) groups excluding carboxylic acids is 2. The number of hydrogen-bond donors (Lipinski definition) is 9. The van der Waals surface area contributed by atoms with Crippen LogP contribution >= 0.6 is 15.6 Å². The molecule has 0 aliphatic carbocycles. The molecule has 2 unspecified atom stereocenters. The molecule has 3 heterocycles. The number of nitrogens with one attached hydrogen (secondary N) is 2. The van der Waals surface area contributed by atoms with Crippen molar-refractivity contribution in [2.45, 2.75) is 62.1 Å². The highest BCUT2D eigenvalue weighted by Gasteiger charge is 2.50. The summed E-state index contributed by atoms with van der Waals surface area (Å²) in [6.07, 6.45) is -13.7. The van der Waals surface area contributed by atoms with Gasteiger partial charge in [-0.05, 0) is 0 Å². The SMILES string of the molecule is CC(=O)N[C@H]1[C@@H](OP(=O)(O)OP(=O)(O)OC[C@H]2O[C@@H](n3cc(C=O)c(=O)[nH]c3=O)[C@H](O)[C@@H]2O)O[C@H](CO)[C@H](O)[C@@H]1O. The van der Waals surface area contributed by atoms with Crippen molar-refractivity contribution in [3.05, 3.63) is 32.6 Å². The number of ether oxygens (including phenoxy) is 2. The average molecular weight is 635 g/mol. The molecule has 2 fully saturated rings. The van der Waals surface area contributed by atoms with E-state index >= 15 is 0 Å². The van der Waals surface area contributed by atoms with E-state index in [0.717, 1.165) is 13.1 Å². The van der Waals surface area contributed by atoms with Gasteiger partial charge in [-0.2, -0.15) is 4.31 Å². The van der Waals surface area contributed by atoms with Gasteiger partial charge in [0, 0.05) is 13.1 Å². The van der Waals surface area contributed by atoms with Gasteiger partial charge in [-0.15, -0.1) is 0 Å². The van der Waals surface area contributed by atoms with Gasteiger partial charge >= 0.3 is 21.3 Å². The molecule has 1 aromatic heterocycles. The fourth-order valence-electron chi connectivity index (χ4n) is 3.90. The lowest BCUT2D eigenvalue weighted by Crippen LogP contribution is -2.64. The third-order valence-electron chi connectivity index (χ3n) is 5.83. The number of H-pyrrole nitrogens is 1. The van der Waals surface area contributed by atoms with E-state index in [4.69, 9.17) is 9.47 Å². The van der Waals surface area contributed by atoms with Crippen LogP contribution in [0.2, 0.25) is 0 Å². The van der Waals surface area contributed by atoms with E-state index in [-0.39, 0.29) is 6.29 Å². The minimum atomic E-state index is -5.67. The van der Waals surface area contributed by atoms with Crippen LogP contribution in [0.3, 0.4) is 0 Å². The average Bonchev–Trinajstić information content (AvgIpc) is 3.15. The number of aliphatic hydroxyl groups is 5. The van der Waals surface area contributed by atoms with Gasteiger partial charge in [0.1, 0.15) is 42.7 Å². The van der Waals surface area contributed by atoms with Crippen LogP contribution in [0.5, 0.6) is 0 Å². The molecular formula is C18H27N3O18P2. The summed E-state index contributed by atoms with van der Waals surface area (Å²) >= 11 is 0. The predicted octanol–water partition coefficient (Wildman–Crippen LogP) is -4.84. The highest BCUT2D eigenvalue weighted by atomic mass is 31.3. The molecule has 232 valence electrons. The van der Waals surface area contributed by atoms with E-state index in [0.29, 0.717) is 4.57 Å². The van der Waals surface area contributed by atoms with Crippen LogP contribution < -0.4 is 16.6 Å². The number of carbonyl (C=O) groups is 2. The molecule has 1 amide bonds. The predicted molar refractivity (Wildman–Crippen MR) is 126 cm³/mol. The van der Waals surface area contributed by atoms with Gasteiger partial charge in [-0.3, -0.25) is 33.0 Å². The number of phosphoric acid groups is 2. The first-order chi connectivity index (χ1) is 19.0. The number of phosphoric ester groups is 2. The van der Waals surface area contributed by atoms with Crippen LogP contribution in [-0.4, -0.2) is 119 Å². The standard InChI is InChI=1S/C18H27N3O18P2/c1-6(24)19-10-13(27)11(25)8(4-23)37-17(10)38-41(33,34)39-40(31,32)35-5-9-12(26)14(28)16(36-9)21-2-7(3-22)15(29)20-18(21)30/h2-3,8-14,16-17,23,25-28H,4-5H2,1H3,(H,19,24)(H,31,32)(H,33,34)(H,20,29,30)/t8-,9-,10-,11+,12-,13-,14-,16-,17-/m1/s1. The summed E-state index contributed by atoms with van der Waals surface area (Å²) in [5.74, 6) is -0.812. The number of aromatic nitrogens is 2. The summed E-state index contributed by atoms with van der Waals surface area (Å²) in [7, 11) is -11.2. The zero-order valence-electron chi connectivity index (χ0n) is 20.7. The molecule has 1 aromatic rings. The van der Waals surface area contributed by atoms with Crippen LogP contribution in [0.1, 0.15) is 23.5 Å². The molecule has 11 atom stereocenters. The van der Waals surface area contributed by atoms with E-state index in [1.165, 1.54) is 0 Å². The molecule has 2 saturated heterocycles. The minimum Gasteiger partial charge on any atom is -0.394 e. The van der Waals surface area contributed by atoms with Crippen molar-refractivity contribution >= 4 is 27.8 Å². The van der Waals surface area contributed by atoms with Crippen LogP contribution in [-0.2, 0) is 36.8 Å². The van der Waals surface area contributed by atoms with E-state index in [9.17, 15) is 63.6 Å². The molecule has 2 aliphatic rings. The second-order valence-electron chi connectivity index (χ2n) is 8.77. The van der Waals surface area contributed by atoms with Crippen LogP contribution in [0.4, 0.5) is 0 Å². The first-order valence-electron chi connectivity index (χ1n) is 11.4. The maximum Gasteiger partial charge on any atom is 0.483 e. The third kappa shape index (κ3) is 7.80. The Labute approximate surface area is 228 Å². The Kier molecular flexibility index (Phi) is 10.5. The van der Waals surface area contributed by atoms with Crippen molar-refractivity contribution in [1.82, 2.24) is 14.9 Å². The lowest BCUT2D eigenvalue weighted by Gasteiger charge is -2.42. The molecule has 0 bridgehead atoms. The van der Waals surface area contributed by atoms with E-state index in [2.05, 4.69) is 18.7 Å². The molecule has 0 radical (unpaired) electrons. The number of aliphatic hydroxyl groups excluding tert-OH is 5. The quantitative estimate of drug-likeness (QED) is 0.0813. The first-order valence-corrected chi connectivity index (χ1v) is 14.4. The number of rotatable bonds is 11. The molecule has 2 aliphatic heterocycles. The number of hydrogen-bond acceptors (Lipinski definition) is 16. The second kappa shape index (κ2) is 13.0. The summed E-state index contributed by atoms with van der Waals surface area (Å²) in [4.78, 5) is 67.9. The Morgan fingerprint density at radius 2 is 1.71 bits per heavy atom. The summed E-state index contributed by atoms with van der Waals surface area (Å²) in [5, 5.41) is 52.1. The largest absolute Gasteiger partial charge is 0.483 e. The normalized spacial score (nSPS) is 34.9. The van der Waals surface area contributed by atoms with Gasteiger partial charge in [0.05, 0.1) is 18.8 Å². The van der Waals surface area contributed by atoms with Gasteiger partial charge < -0.3 is 50.1 Å². The highest BCUT2D eigenvalue weighted by molar-refractivity contribution is 7.61. The van der Waals surface area contributed by atoms with Crippen molar-refractivity contribution in [1.29, 1.82) is 0 Å². The van der Waals surface area contributed by atoms with Crippen molar-refractivity contribution in [2.24, 2.45) is 0 Å². The van der Waals surface area contributed by atoms with Crippen molar-refractivity contribution < 1.29 is 76.9 Å². The number of aldehydes is 1. The summed E-state index contributed by atoms with van der Waals surface area (Å²) < 4.78 is 49.1. The van der Waals surface area contributed by atoms with Gasteiger partial charge in [-0.1, -0.05) is 0 Å². The Bertz CT molecular complexity index is 1330. The van der Waals surface area contributed by atoms with Gasteiger partial charge in [-0.25, -0.2) is 13.9 Å². The Hall–Kier alpha value is -2.20. The molecule has 41 heavy (non-hydrogen) atoms. The molecule has 9 N–H and O–H groups in total. The molecule has 23 heteroatoms. The van der Waals surface area contributed by atoms with Crippen molar-refractivity contribution in [2.75, 3.05) is 13.2 Å². The molecule has 21 nitrogen and oxygen atoms in total. The lowest BCUT2D eigenvalue weighted by molar-refractivity contribution is -0.247. The molecular weight excluding hydrogens is 608 g/mol. The fraction of sp³-hybridized carbons (Fsp3) is 0.667. The van der Waals surface area contributed by atoms with Gasteiger partial charge in [0.15, 0.2) is 18.8 Å². The fourth-order valence-corrected chi connectivity index (χ4v) is 6.07. The Balaban J connectivity index is 1.68. The highest BCUT2D eigenvalue weighted by Crippen LogP contribution is 2.61. The van der Waals surface area contributed by atoms with Crippen LogP contribution in [0.15, 0.2) is 15.8 Å². The number of aromatic amines is 1. The zero-order chi connectivity index (χ0) is 30.9. The zero-order valence-corrected chi connectivity index (χ0v) is 22.5. The molecule has 3 rings (SSSR count). The molecule has 0 saturated carbocycles. The van der Waals surface area contributed by atoms with E-state index in [1.54, 1.807) is 4.98 Å². The second-order valence-corrected chi connectivity index (χ2v) is 11.8. The Morgan fingerprint density at radius 1 is 1.07 bits per heavy atom. The Morgan fingerprint density at radius 3 is 2.29 bits per heavy atom. The van der Waals surface area contributed by atoms with Crippen molar-refractivity contribution in [3.63, 3.8) is 0 Å². The minimum absolute atomic E-state index is 0.102. The van der Waals surface area contributed by atoms with Gasteiger partial charge in [0.25, 0.3) is 5.56 Å². The summed E-state index contributed by atoms with van der Waals surface area (Å²) in [5.41, 5.74) is -2.71. The van der Waals surface area contributed by atoms with Crippen LogP contribution in [0, 0.1) is 0 Å². The maximum absolute atomic E-state index is 12.5. The molecule has 0 spiro atoms. The van der Waals surface area contributed by atoms with Crippen LogP contribution in [0.25, 0.3) is 0 Å². The van der Waals surface area contributed by atoms with E-state index in [1.807, 2.05) is 0 Å². The summed E-state index contributed by atoms with van der Waals surface area (Å²) in [6.45, 7) is -1.04. The lowest BCUT2D eigenvalue weighted by atomic mass is 9.97. The first kappa shape index (κ1) is 33.3. The summed E-state index contributed by atoms with van der Waals surface area (Å²) in [6, 6.07) is -1.72. The van der Waals surface area contributed by atoms with Crippen molar-refractivity contribution in [3.8, 4) is 0 Å². The third-order valence-corrected chi connectivity index (χ3v) is 8.43. The molecule has 0 aromatic carbocycles.